The zero-order valence-electron chi connectivity index (χ0n) is 20.6. The van der Waals surface area contributed by atoms with Crippen molar-refractivity contribution in [2.24, 2.45) is 0 Å². The number of nitrogens with zero attached hydrogens (tertiary/aromatic N) is 1. The first kappa shape index (κ1) is 29.9. The van der Waals surface area contributed by atoms with Crippen LogP contribution in [0, 0.1) is 11.6 Å². The highest BCUT2D eigenvalue weighted by atomic mass is 79.9. The molecule has 7 nitrogen and oxygen atoms in total. The Morgan fingerprint density at radius 2 is 1.88 bits per heavy atom. The lowest BCUT2D eigenvalue weighted by atomic mass is 10.1. The van der Waals surface area contributed by atoms with Gasteiger partial charge < -0.3 is 14.8 Å². The number of carbonyl (C=O) groups is 3. The molecule has 0 aromatic heterocycles. The Labute approximate surface area is 250 Å². The van der Waals surface area contributed by atoms with E-state index in [0.717, 1.165) is 17.0 Å². The Bertz CT molecular complexity index is 1540. The number of rotatable bonds is 9. The van der Waals surface area contributed by atoms with Crippen molar-refractivity contribution in [3.63, 3.8) is 0 Å². The summed E-state index contributed by atoms with van der Waals surface area (Å²) in [4.78, 5) is 38.6. The van der Waals surface area contributed by atoms with E-state index in [1.165, 1.54) is 6.08 Å². The molecule has 1 fully saturated rings. The summed E-state index contributed by atoms with van der Waals surface area (Å²) in [7, 11) is 0. The SMILES string of the molecule is CCOc1cc(/C=C2\SC(=O)N(CC(=O)Nc3ccc(F)cc3F)C2=O)cc(Br)c1OCc1ccc(Cl)cc1Cl. The molecule has 0 atom stereocenters. The van der Waals surface area contributed by atoms with E-state index in [9.17, 15) is 23.2 Å². The smallest absolute Gasteiger partial charge is 0.294 e. The van der Waals surface area contributed by atoms with Crippen molar-refractivity contribution in [3.05, 3.63) is 90.7 Å². The van der Waals surface area contributed by atoms with E-state index in [2.05, 4.69) is 21.2 Å². The van der Waals surface area contributed by atoms with Crippen LogP contribution in [0.1, 0.15) is 18.1 Å². The van der Waals surface area contributed by atoms with Gasteiger partial charge in [-0.25, -0.2) is 8.78 Å². The van der Waals surface area contributed by atoms with Crippen LogP contribution in [0.3, 0.4) is 0 Å². The summed E-state index contributed by atoms with van der Waals surface area (Å²) in [5.74, 6) is -2.52. The zero-order valence-corrected chi connectivity index (χ0v) is 24.5. The van der Waals surface area contributed by atoms with Gasteiger partial charge in [0.25, 0.3) is 11.1 Å². The molecule has 0 radical (unpaired) electrons. The summed E-state index contributed by atoms with van der Waals surface area (Å²) in [5, 5.41) is 2.51. The summed E-state index contributed by atoms with van der Waals surface area (Å²) in [6.45, 7) is 1.62. The molecule has 0 unspecified atom stereocenters. The first-order valence-corrected chi connectivity index (χ1v) is 14.0. The Balaban J connectivity index is 1.50. The molecule has 1 heterocycles. The zero-order chi connectivity index (χ0) is 29.0. The molecule has 1 aliphatic rings. The van der Waals surface area contributed by atoms with Gasteiger partial charge in [-0.15, -0.1) is 0 Å². The fraction of sp³-hybridized carbons (Fsp3) is 0.148. The van der Waals surface area contributed by atoms with Gasteiger partial charge in [0.15, 0.2) is 11.5 Å². The highest BCUT2D eigenvalue weighted by Crippen LogP contribution is 2.40. The van der Waals surface area contributed by atoms with Crippen molar-refractivity contribution in [3.8, 4) is 11.5 Å². The Morgan fingerprint density at radius 1 is 1.10 bits per heavy atom. The summed E-state index contributed by atoms with van der Waals surface area (Å²) in [6, 6.07) is 11.0. The summed E-state index contributed by atoms with van der Waals surface area (Å²) >= 11 is 16.3. The number of thioether (sulfide) groups is 1. The average Bonchev–Trinajstić information content (AvgIpc) is 3.13. The van der Waals surface area contributed by atoms with Gasteiger partial charge in [0, 0.05) is 21.7 Å². The number of nitrogens with one attached hydrogen (secondary N) is 1. The molecule has 4 rings (SSSR count). The van der Waals surface area contributed by atoms with Gasteiger partial charge in [-0.05, 0) is 82.7 Å². The number of ether oxygens (including phenoxy) is 2. The first-order chi connectivity index (χ1) is 19.0. The summed E-state index contributed by atoms with van der Waals surface area (Å²) < 4.78 is 39.2. The minimum absolute atomic E-state index is 0.0710. The van der Waals surface area contributed by atoms with Crippen LogP contribution in [0.25, 0.3) is 6.08 Å². The van der Waals surface area contributed by atoms with E-state index in [1.54, 1.807) is 37.3 Å². The van der Waals surface area contributed by atoms with Gasteiger partial charge in [-0.3, -0.25) is 19.3 Å². The Kier molecular flexibility index (Phi) is 9.72. The van der Waals surface area contributed by atoms with Crippen LogP contribution in [0.5, 0.6) is 11.5 Å². The molecule has 1 N–H and O–H groups in total. The topological polar surface area (TPSA) is 84.9 Å². The normalized spacial score (nSPS) is 14.2. The van der Waals surface area contributed by atoms with Crippen LogP contribution in [-0.2, 0) is 16.2 Å². The second-order valence-electron chi connectivity index (χ2n) is 8.23. The van der Waals surface area contributed by atoms with Crippen molar-refractivity contribution in [1.82, 2.24) is 4.90 Å². The fourth-order valence-electron chi connectivity index (χ4n) is 3.57. The monoisotopic (exact) mass is 670 g/mol. The molecule has 40 heavy (non-hydrogen) atoms. The minimum Gasteiger partial charge on any atom is -0.490 e. The van der Waals surface area contributed by atoms with Crippen LogP contribution < -0.4 is 14.8 Å². The maximum Gasteiger partial charge on any atom is 0.294 e. The lowest BCUT2D eigenvalue weighted by Gasteiger charge is -2.15. The largest absolute Gasteiger partial charge is 0.490 e. The third kappa shape index (κ3) is 7.14. The maximum absolute atomic E-state index is 13.8. The molecule has 1 saturated heterocycles. The summed E-state index contributed by atoms with van der Waals surface area (Å²) in [5.41, 5.74) is 0.961. The number of amides is 3. The van der Waals surface area contributed by atoms with Crippen LogP contribution in [0.4, 0.5) is 19.3 Å². The van der Waals surface area contributed by atoms with E-state index >= 15 is 0 Å². The van der Waals surface area contributed by atoms with Gasteiger partial charge in [-0.2, -0.15) is 0 Å². The molecule has 0 aliphatic carbocycles. The molecule has 1 aliphatic heterocycles. The predicted octanol–water partition coefficient (Wildman–Crippen LogP) is 7.69. The van der Waals surface area contributed by atoms with Crippen molar-refractivity contribution in [1.29, 1.82) is 0 Å². The highest BCUT2D eigenvalue weighted by Gasteiger charge is 2.36. The number of anilines is 1. The van der Waals surface area contributed by atoms with Crippen LogP contribution >= 0.6 is 50.9 Å². The van der Waals surface area contributed by atoms with Gasteiger partial charge >= 0.3 is 0 Å². The molecule has 0 spiro atoms. The van der Waals surface area contributed by atoms with Crippen molar-refractivity contribution < 1.29 is 32.6 Å². The second kappa shape index (κ2) is 13.0. The van der Waals surface area contributed by atoms with Crippen molar-refractivity contribution >= 4 is 79.7 Å². The highest BCUT2D eigenvalue weighted by molar-refractivity contribution is 9.10. The Hall–Kier alpha value is -3.12. The van der Waals surface area contributed by atoms with Gasteiger partial charge in [0.05, 0.1) is 21.7 Å². The fourth-order valence-corrected chi connectivity index (χ4v) is 5.45. The molecule has 3 aromatic rings. The number of halogens is 5. The molecule has 208 valence electrons. The molecule has 3 amide bonds. The minimum atomic E-state index is -0.984. The second-order valence-corrected chi connectivity index (χ2v) is 10.9. The van der Waals surface area contributed by atoms with Crippen molar-refractivity contribution in [2.45, 2.75) is 13.5 Å². The van der Waals surface area contributed by atoms with Crippen LogP contribution in [0.2, 0.25) is 10.0 Å². The third-order valence-corrected chi connectivity index (χ3v) is 7.48. The molecular weight excluding hydrogens is 653 g/mol. The third-order valence-electron chi connectivity index (χ3n) is 5.40. The number of carbonyl (C=O) groups excluding carboxylic acids is 3. The molecule has 0 saturated carbocycles. The Morgan fingerprint density at radius 3 is 2.58 bits per heavy atom. The molecule has 13 heteroatoms. The molecular formula is C27H19BrCl2F2N2O5S. The molecule has 3 aromatic carbocycles. The first-order valence-electron chi connectivity index (χ1n) is 11.6. The van der Waals surface area contributed by atoms with Gasteiger partial charge in [-0.1, -0.05) is 29.3 Å². The van der Waals surface area contributed by atoms with E-state index in [1.807, 2.05) is 0 Å². The lowest BCUT2D eigenvalue weighted by Crippen LogP contribution is -2.36. The number of hydrogen-bond donors (Lipinski definition) is 1. The number of benzene rings is 3. The lowest BCUT2D eigenvalue weighted by molar-refractivity contribution is -0.127. The van der Waals surface area contributed by atoms with E-state index in [-0.39, 0.29) is 17.2 Å². The van der Waals surface area contributed by atoms with Gasteiger partial charge in [0.1, 0.15) is 24.8 Å². The quantitative estimate of drug-likeness (QED) is 0.235. The standard InChI is InChI=1S/C27H19BrCl2F2N2O5S/c1-2-38-22-8-14(7-18(28)25(22)39-13-15-3-4-16(29)10-19(15)30)9-23-26(36)34(27(37)40-23)12-24(35)33-21-6-5-17(31)11-20(21)32/h3-11H,2,12-13H2,1H3,(H,33,35)/b23-9-. The average molecular weight is 672 g/mol. The van der Waals surface area contributed by atoms with Crippen molar-refractivity contribution in [2.75, 3.05) is 18.5 Å². The molecule has 0 bridgehead atoms. The van der Waals surface area contributed by atoms with E-state index in [0.29, 0.717) is 61.6 Å². The van der Waals surface area contributed by atoms with Crippen LogP contribution in [0.15, 0.2) is 57.9 Å². The summed E-state index contributed by atoms with van der Waals surface area (Å²) in [6.07, 6.45) is 1.48. The number of imide groups is 1. The maximum atomic E-state index is 13.8. The van der Waals surface area contributed by atoms with E-state index in [4.69, 9.17) is 32.7 Å². The number of hydrogen-bond acceptors (Lipinski definition) is 6. The predicted molar refractivity (Wildman–Crippen MR) is 154 cm³/mol. The van der Waals surface area contributed by atoms with Gasteiger partial charge in [0.2, 0.25) is 5.91 Å². The van der Waals surface area contributed by atoms with E-state index < -0.39 is 35.2 Å². The van der Waals surface area contributed by atoms with Crippen LogP contribution in [-0.4, -0.2) is 35.1 Å².